The smallest absolute Gasteiger partial charge is 0.138 e. The van der Waals surface area contributed by atoms with Gasteiger partial charge < -0.3 is 5.32 Å². The average Bonchev–Trinajstić information content (AvgIpc) is 2.72. The van der Waals surface area contributed by atoms with E-state index in [1.165, 1.54) is 10.3 Å². The van der Waals surface area contributed by atoms with Crippen LogP contribution in [0.4, 0.5) is 5.82 Å². The van der Waals surface area contributed by atoms with Crippen molar-refractivity contribution in [3.05, 3.63) is 16.8 Å². The second-order valence-corrected chi connectivity index (χ2v) is 4.77. The summed E-state index contributed by atoms with van der Waals surface area (Å²) < 4.78 is 0. The van der Waals surface area contributed by atoms with E-state index in [1.54, 1.807) is 11.3 Å². The van der Waals surface area contributed by atoms with E-state index in [-0.39, 0.29) is 0 Å². The van der Waals surface area contributed by atoms with Gasteiger partial charge in [-0.1, -0.05) is 13.8 Å². The van der Waals surface area contributed by atoms with Gasteiger partial charge in [-0.2, -0.15) is 0 Å². The molecule has 0 fully saturated rings. The van der Waals surface area contributed by atoms with E-state index in [9.17, 15) is 0 Å². The Morgan fingerprint density at radius 3 is 2.62 bits per heavy atom. The number of nitrogens with zero attached hydrogens (tertiary/aromatic N) is 2. The zero-order chi connectivity index (χ0) is 11.5. The molecule has 3 nitrogen and oxygen atoms in total. The maximum Gasteiger partial charge on any atom is 0.138 e. The molecule has 2 heterocycles. The molecule has 0 aliphatic carbocycles. The van der Waals surface area contributed by atoms with E-state index in [2.05, 4.69) is 42.1 Å². The third kappa shape index (κ3) is 2.02. The highest BCUT2D eigenvalue weighted by Crippen LogP contribution is 2.29. The van der Waals surface area contributed by atoms with Crippen LogP contribution in [0.3, 0.4) is 0 Å². The molecule has 0 radical (unpaired) electrons. The van der Waals surface area contributed by atoms with Gasteiger partial charge in [-0.05, 0) is 19.4 Å². The molecular formula is C12H17N3S. The van der Waals surface area contributed by atoms with Gasteiger partial charge >= 0.3 is 0 Å². The van der Waals surface area contributed by atoms with Gasteiger partial charge in [-0.15, -0.1) is 11.3 Å². The largest absolute Gasteiger partial charge is 0.370 e. The molecule has 0 saturated carbocycles. The van der Waals surface area contributed by atoms with E-state index in [0.717, 1.165) is 35.9 Å². The molecule has 0 aromatic carbocycles. The van der Waals surface area contributed by atoms with Gasteiger partial charge in [0.25, 0.3) is 0 Å². The quantitative estimate of drug-likeness (QED) is 0.884. The van der Waals surface area contributed by atoms with Crippen LogP contribution in [-0.4, -0.2) is 16.5 Å². The highest BCUT2D eigenvalue weighted by atomic mass is 32.1. The number of nitrogens with one attached hydrogen (secondary N) is 1. The van der Waals surface area contributed by atoms with Crippen molar-refractivity contribution in [1.82, 2.24) is 9.97 Å². The molecule has 0 spiro atoms. The first kappa shape index (κ1) is 11.3. The normalized spacial score (nSPS) is 10.9. The van der Waals surface area contributed by atoms with Crippen LogP contribution < -0.4 is 5.32 Å². The first-order chi connectivity index (χ1) is 7.78. The minimum atomic E-state index is 0.883. The second-order valence-electron chi connectivity index (χ2n) is 3.66. The van der Waals surface area contributed by atoms with Gasteiger partial charge in [0.1, 0.15) is 16.5 Å². The number of anilines is 1. The monoisotopic (exact) mass is 235 g/mol. The van der Waals surface area contributed by atoms with Crippen molar-refractivity contribution in [2.75, 3.05) is 11.9 Å². The Morgan fingerprint density at radius 1 is 1.19 bits per heavy atom. The van der Waals surface area contributed by atoms with E-state index >= 15 is 0 Å². The van der Waals surface area contributed by atoms with Crippen LogP contribution in [0.15, 0.2) is 6.07 Å². The maximum atomic E-state index is 4.57. The molecule has 0 bridgehead atoms. The zero-order valence-corrected chi connectivity index (χ0v) is 10.8. The van der Waals surface area contributed by atoms with Crippen molar-refractivity contribution in [3.63, 3.8) is 0 Å². The minimum absolute atomic E-state index is 0.883. The summed E-state index contributed by atoms with van der Waals surface area (Å²) in [5.41, 5.74) is 0. The second kappa shape index (κ2) is 4.78. The van der Waals surface area contributed by atoms with Crippen LogP contribution in [0.25, 0.3) is 10.2 Å². The third-order valence-corrected chi connectivity index (χ3v) is 3.67. The Balaban J connectivity index is 2.59. The summed E-state index contributed by atoms with van der Waals surface area (Å²) in [5, 5.41) is 4.49. The number of thiophene rings is 1. The number of fused-ring (bicyclic) bond motifs is 1. The van der Waals surface area contributed by atoms with Crippen LogP contribution in [0.2, 0.25) is 0 Å². The fourth-order valence-corrected chi connectivity index (χ4v) is 2.64. The van der Waals surface area contributed by atoms with Gasteiger partial charge in [-0.25, -0.2) is 9.97 Å². The molecule has 1 N–H and O–H groups in total. The lowest BCUT2D eigenvalue weighted by Gasteiger charge is -2.05. The molecule has 0 unspecified atom stereocenters. The summed E-state index contributed by atoms with van der Waals surface area (Å²) in [6, 6.07) is 2.21. The van der Waals surface area contributed by atoms with E-state index < -0.39 is 0 Å². The molecule has 0 aliphatic heterocycles. The van der Waals surface area contributed by atoms with Crippen molar-refractivity contribution in [3.8, 4) is 0 Å². The standard InChI is InChI=1S/C12H17N3S/c1-4-8-7-9-11(13-6-3)14-10(5-2)15-12(9)16-8/h7H,4-6H2,1-3H3,(H,13,14,15). The summed E-state index contributed by atoms with van der Waals surface area (Å²) in [6.45, 7) is 7.25. The Kier molecular flexibility index (Phi) is 3.39. The summed E-state index contributed by atoms with van der Waals surface area (Å²) in [4.78, 5) is 11.6. The highest BCUT2D eigenvalue weighted by molar-refractivity contribution is 7.18. The Bertz CT molecular complexity index is 490. The number of hydrogen-bond donors (Lipinski definition) is 1. The SMILES string of the molecule is CCNc1nc(CC)nc2sc(CC)cc12. The fraction of sp³-hybridized carbons (Fsp3) is 0.500. The molecule has 0 amide bonds. The number of rotatable bonds is 4. The Morgan fingerprint density at radius 2 is 2.00 bits per heavy atom. The average molecular weight is 235 g/mol. The van der Waals surface area contributed by atoms with Gasteiger partial charge in [0.05, 0.1) is 5.39 Å². The van der Waals surface area contributed by atoms with Gasteiger partial charge in [0.2, 0.25) is 0 Å². The lowest BCUT2D eigenvalue weighted by atomic mass is 10.3. The molecule has 4 heteroatoms. The van der Waals surface area contributed by atoms with Crippen molar-refractivity contribution < 1.29 is 0 Å². The molecule has 0 aliphatic rings. The fourth-order valence-electron chi connectivity index (χ4n) is 1.65. The molecule has 2 aromatic heterocycles. The molecule has 0 atom stereocenters. The van der Waals surface area contributed by atoms with Gasteiger partial charge in [-0.3, -0.25) is 0 Å². The van der Waals surface area contributed by atoms with E-state index in [0.29, 0.717) is 0 Å². The molecule has 16 heavy (non-hydrogen) atoms. The number of aromatic nitrogens is 2. The summed E-state index contributed by atoms with van der Waals surface area (Å²) >= 11 is 1.78. The predicted octanol–water partition coefficient (Wildman–Crippen LogP) is 3.25. The Hall–Kier alpha value is -1.16. The summed E-state index contributed by atoms with van der Waals surface area (Å²) in [7, 11) is 0. The van der Waals surface area contributed by atoms with Crippen LogP contribution in [0.5, 0.6) is 0 Å². The van der Waals surface area contributed by atoms with E-state index in [4.69, 9.17) is 0 Å². The number of hydrogen-bond acceptors (Lipinski definition) is 4. The van der Waals surface area contributed by atoms with Crippen LogP contribution in [-0.2, 0) is 12.8 Å². The minimum Gasteiger partial charge on any atom is -0.370 e. The topological polar surface area (TPSA) is 37.8 Å². The first-order valence-corrected chi connectivity index (χ1v) is 6.63. The summed E-state index contributed by atoms with van der Waals surface area (Å²) in [5.74, 6) is 1.91. The van der Waals surface area contributed by atoms with Crippen molar-refractivity contribution in [2.24, 2.45) is 0 Å². The van der Waals surface area contributed by atoms with Crippen molar-refractivity contribution in [2.45, 2.75) is 33.6 Å². The molecule has 2 aromatic rings. The lowest BCUT2D eigenvalue weighted by molar-refractivity contribution is 0.960. The zero-order valence-electron chi connectivity index (χ0n) is 10.0. The molecule has 86 valence electrons. The molecule has 0 saturated heterocycles. The Labute approximate surface area is 99.9 Å². The number of aryl methyl sites for hydroxylation is 2. The summed E-state index contributed by atoms with van der Waals surface area (Å²) in [6.07, 6.45) is 1.95. The maximum absolute atomic E-state index is 4.57. The highest BCUT2D eigenvalue weighted by Gasteiger charge is 2.09. The van der Waals surface area contributed by atoms with Crippen LogP contribution in [0.1, 0.15) is 31.5 Å². The van der Waals surface area contributed by atoms with E-state index in [1.807, 2.05) is 0 Å². The third-order valence-electron chi connectivity index (χ3n) is 2.50. The molecule has 2 rings (SSSR count). The van der Waals surface area contributed by atoms with Crippen LogP contribution in [0, 0.1) is 0 Å². The lowest BCUT2D eigenvalue weighted by Crippen LogP contribution is -2.03. The van der Waals surface area contributed by atoms with Gasteiger partial charge in [0, 0.05) is 17.8 Å². The van der Waals surface area contributed by atoms with Crippen molar-refractivity contribution >= 4 is 27.4 Å². The molecular weight excluding hydrogens is 218 g/mol. The first-order valence-electron chi connectivity index (χ1n) is 5.81. The van der Waals surface area contributed by atoms with Gasteiger partial charge in [0.15, 0.2) is 0 Å². The van der Waals surface area contributed by atoms with Crippen molar-refractivity contribution in [1.29, 1.82) is 0 Å². The predicted molar refractivity (Wildman–Crippen MR) is 70.3 cm³/mol. The van der Waals surface area contributed by atoms with Crippen LogP contribution >= 0.6 is 11.3 Å².